The van der Waals surface area contributed by atoms with Gasteiger partial charge in [-0.1, -0.05) is 35.9 Å². The van der Waals surface area contributed by atoms with Crippen LogP contribution in [-0.2, 0) is 9.53 Å². The van der Waals surface area contributed by atoms with Crippen LogP contribution in [0.2, 0.25) is 5.02 Å². The molecular formula is C21H16ClNO5S. The standard InChI is InChI=1S/C21H16ClNO5S/c1-26-21(25)18-14(12-6-8-13(22)9-7-12)11-29-20(18)23-19(24)17-10-27-15-4-2-3-5-16(15)28-17/h2-9,11,17H,10H2,1H3,(H,23,24). The van der Waals surface area contributed by atoms with Crippen molar-refractivity contribution in [3.05, 3.63) is 64.5 Å². The normalized spacial score (nSPS) is 14.9. The Hall–Kier alpha value is -3.03. The number of hydrogen-bond donors (Lipinski definition) is 1. The van der Waals surface area contributed by atoms with E-state index in [1.807, 2.05) is 6.07 Å². The van der Waals surface area contributed by atoms with E-state index < -0.39 is 18.0 Å². The first-order valence-electron chi connectivity index (χ1n) is 8.72. The smallest absolute Gasteiger partial charge is 0.341 e. The summed E-state index contributed by atoms with van der Waals surface area (Å²) in [6, 6.07) is 14.2. The molecule has 0 aliphatic carbocycles. The minimum atomic E-state index is -0.837. The molecular weight excluding hydrogens is 414 g/mol. The minimum absolute atomic E-state index is 0.0752. The number of thiophene rings is 1. The summed E-state index contributed by atoms with van der Waals surface area (Å²) in [7, 11) is 1.30. The van der Waals surface area contributed by atoms with Crippen LogP contribution in [0, 0.1) is 0 Å². The fourth-order valence-corrected chi connectivity index (χ4v) is 4.02. The average Bonchev–Trinajstić information content (AvgIpc) is 3.16. The molecule has 1 N–H and O–H groups in total. The van der Waals surface area contributed by atoms with Gasteiger partial charge in [0.1, 0.15) is 17.2 Å². The van der Waals surface area contributed by atoms with Gasteiger partial charge >= 0.3 is 5.97 Å². The highest BCUT2D eigenvalue weighted by atomic mass is 35.5. The monoisotopic (exact) mass is 429 g/mol. The quantitative estimate of drug-likeness (QED) is 0.612. The van der Waals surface area contributed by atoms with Gasteiger partial charge in [0.2, 0.25) is 6.10 Å². The topological polar surface area (TPSA) is 73.9 Å². The molecule has 2 heterocycles. The Kier molecular flexibility index (Phi) is 5.42. The highest BCUT2D eigenvalue weighted by molar-refractivity contribution is 7.15. The van der Waals surface area contributed by atoms with E-state index in [0.29, 0.717) is 27.1 Å². The molecule has 0 spiro atoms. The van der Waals surface area contributed by atoms with Crippen molar-refractivity contribution in [3.63, 3.8) is 0 Å². The second kappa shape index (κ2) is 8.14. The molecule has 1 aliphatic rings. The number of amides is 1. The Morgan fingerprint density at radius 1 is 1.14 bits per heavy atom. The molecule has 0 bridgehead atoms. The molecule has 1 atom stereocenters. The maximum absolute atomic E-state index is 12.8. The number of hydrogen-bond acceptors (Lipinski definition) is 6. The predicted molar refractivity (Wildman–Crippen MR) is 111 cm³/mol. The zero-order chi connectivity index (χ0) is 20.4. The second-order valence-electron chi connectivity index (χ2n) is 6.21. The number of nitrogens with one attached hydrogen (secondary N) is 1. The first-order valence-corrected chi connectivity index (χ1v) is 9.97. The van der Waals surface area contributed by atoms with Gasteiger partial charge in [0.05, 0.1) is 7.11 Å². The van der Waals surface area contributed by atoms with Gasteiger partial charge in [-0.2, -0.15) is 0 Å². The summed E-state index contributed by atoms with van der Waals surface area (Å²) in [4.78, 5) is 25.2. The van der Waals surface area contributed by atoms with Crippen molar-refractivity contribution in [2.75, 3.05) is 19.0 Å². The van der Waals surface area contributed by atoms with Gasteiger partial charge < -0.3 is 19.5 Å². The second-order valence-corrected chi connectivity index (χ2v) is 7.52. The molecule has 0 radical (unpaired) electrons. The molecule has 4 rings (SSSR count). The van der Waals surface area contributed by atoms with E-state index in [1.54, 1.807) is 47.8 Å². The van der Waals surface area contributed by atoms with E-state index in [4.69, 9.17) is 25.8 Å². The lowest BCUT2D eigenvalue weighted by atomic mass is 10.0. The number of carbonyl (C=O) groups is 2. The van der Waals surface area contributed by atoms with Crippen molar-refractivity contribution in [1.82, 2.24) is 0 Å². The van der Waals surface area contributed by atoms with E-state index in [0.717, 1.165) is 5.56 Å². The molecule has 0 saturated heterocycles. The van der Waals surface area contributed by atoms with E-state index in [1.165, 1.54) is 18.4 Å². The van der Waals surface area contributed by atoms with E-state index >= 15 is 0 Å². The third kappa shape index (κ3) is 3.92. The summed E-state index contributed by atoms with van der Waals surface area (Å²) < 4.78 is 16.3. The number of anilines is 1. The highest BCUT2D eigenvalue weighted by Gasteiger charge is 2.30. The molecule has 3 aromatic rings. The molecule has 29 heavy (non-hydrogen) atoms. The number of para-hydroxylation sites is 2. The van der Waals surface area contributed by atoms with Crippen LogP contribution in [0.3, 0.4) is 0 Å². The van der Waals surface area contributed by atoms with Crippen LogP contribution >= 0.6 is 22.9 Å². The molecule has 0 saturated carbocycles. The van der Waals surface area contributed by atoms with Gasteiger partial charge in [-0.15, -0.1) is 11.3 Å². The maximum Gasteiger partial charge on any atom is 0.341 e. The number of rotatable bonds is 4. The first kappa shape index (κ1) is 19.3. The van der Waals surface area contributed by atoms with Crippen molar-refractivity contribution >= 4 is 39.8 Å². The Morgan fingerprint density at radius 2 is 1.86 bits per heavy atom. The summed E-state index contributed by atoms with van der Waals surface area (Å²) in [6.45, 7) is 0.0752. The summed E-state index contributed by atoms with van der Waals surface area (Å²) in [6.07, 6.45) is -0.837. The van der Waals surface area contributed by atoms with Crippen LogP contribution < -0.4 is 14.8 Å². The number of esters is 1. The summed E-state index contributed by atoms with van der Waals surface area (Å²) >= 11 is 7.19. The lowest BCUT2D eigenvalue weighted by molar-refractivity contribution is -0.125. The SMILES string of the molecule is COC(=O)c1c(-c2ccc(Cl)cc2)csc1NC(=O)C1COc2ccccc2O1. The van der Waals surface area contributed by atoms with Gasteiger partial charge in [0, 0.05) is 16.0 Å². The molecule has 1 aliphatic heterocycles. The molecule has 148 valence electrons. The summed E-state index contributed by atoms with van der Waals surface area (Å²) in [5, 5.41) is 5.54. The van der Waals surface area contributed by atoms with E-state index in [2.05, 4.69) is 5.32 Å². The third-order valence-corrected chi connectivity index (χ3v) is 5.52. The molecule has 8 heteroatoms. The zero-order valence-electron chi connectivity index (χ0n) is 15.3. The number of halogens is 1. The Balaban J connectivity index is 1.59. The van der Waals surface area contributed by atoms with Crippen LogP contribution in [-0.4, -0.2) is 31.7 Å². The Bertz CT molecular complexity index is 1060. The number of ether oxygens (including phenoxy) is 3. The van der Waals surface area contributed by atoms with Crippen molar-refractivity contribution in [2.24, 2.45) is 0 Å². The predicted octanol–water partition coefficient (Wildman–Crippen LogP) is 4.63. The molecule has 0 fully saturated rings. The largest absolute Gasteiger partial charge is 0.485 e. The molecule has 2 aromatic carbocycles. The molecule has 1 aromatic heterocycles. The molecule has 1 amide bonds. The Labute approximate surface area is 176 Å². The van der Waals surface area contributed by atoms with Crippen molar-refractivity contribution in [1.29, 1.82) is 0 Å². The first-order chi connectivity index (χ1) is 14.1. The van der Waals surface area contributed by atoms with Gasteiger partial charge in [-0.25, -0.2) is 4.79 Å². The van der Waals surface area contributed by atoms with Crippen molar-refractivity contribution < 1.29 is 23.8 Å². The van der Waals surface area contributed by atoms with Crippen LogP contribution in [0.5, 0.6) is 11.5 Å². The molecule has 6 nitrogen and oxygen atoms in total. The summed E-state index contributed by atoms with van der Waals surface area (Å²) in [5.74, 6) is 0.139. The van der Waals surface area contributed by atoms with E-state index in [9.17, 15) is 9.59 Å². The average molecular weight is 430 g/mol. The van der Waals surface area contributed by atoms with Crippen molar-refractivity contribution in [3.8, 4) is 22.6 Å². The third-order valence-electron chi connectivity index (χ3n) is 4.37. The van der Waals surface area contributed by atoms with Crippen LogP contribution in [0.4, 0.5) is 5.00 Å². The van der Waals surface area contributed by atoms with E-state index in [-0.39, 0.29) is 12.2 Å². The lowest BCUT2D eigenvalue weighted by Gasteiger charge is -2.25. The molecule has 1 unspecified atom stereocenters. The minimum Gasteiger partial charge on any atom is -0.485 e. The van der Waals surface area contributed by atoms with Gasteiger partial charge in [-0.05, 0) is 29.8 Å². The van der Waals surface area contributed by atoms with Gasteiger partial charge in [-0.3, -0.25) is 4.79 Å². The lowest BCUT2D eigenvalue weighted by Crippen LogP contribution is -2.40. The summed E-state index contributed by atoms with van der Waals surface area (Å²) in [5.41, 5.74) is 1.73. The number of carbonyl (C=O) groups excluding carboxylic acids is 2. The van der Waals surface area contributed by atoms with Crippen LogP contribution in [0.1, 0.15) is 10.4 Å². The van der Waals surface area contributed by atoms with Gasteiger partial charge in [0.15, 0.2) is 11.5 Å². The Morgan fingerprint density at radius 3 is 2.59 bits per heavy atom. The van der Waals surface area contributed by atoms with Gasteiger partial charge in [0.25, 0.3) is 5.91 Å². The number of fused-ring (bicyclic) bond motifs is 1. The fourth-order valence-electron chi connectivity index (χ4n) is 2.94. The number of methoxy groups -OCH3 is 1. The number of benzene rings is 2. The van der Waals surface area contributed by atoms with Crippen molar-refractivity contribution in [2.45, 2.75) is 6.10 Å². The van der Waals surface area contributed by atoms with Crippen LogP contribution in [0.15, 0.2) is 53.9 Å². The zero-order valence-corrected chi connectivity index (χ0v) is 16.9. The highest BCUT2D eigenvalue weighted by Crippen LogP contribution is 2.37. The van der Waals surface area contributed by atoms with Crippen LogP contribution in [0.25, 0.3) is 11.1 Å². The fraction of sp³-hybridized carbons (Fsp3) is 0.143. The maximum atomic E-state index is 12.8.